The lowest BCUT2D eigenvalue weighted by molar-refractivity contribution is -0.125. The van der Waals surface area contributed by atoms with E-state index < -0.39 is 0 Å². The van der Waals surface area contributed by atoms with E-state index in [9.17, 15) is 9.90 Å². The second-order valence-corrected chi connectivity index (χ2v) is 5.29. The van der Waals surface area contributed by atoms with Crippen LogP contribution in [0.15, 0.2) is 18.2 Å². The number of amides is 1. The van der Waals surface area contributed by atoms with Crippen LogP contribution in [0, 0.1) is 12.3 Å². The summed E-state index contributed by atoms with van der Waals surface area (Å²) in [5.74, 6) is 0.368. The first kappa shape index (κ1) is 12.9. The Bertz CT molecular complexity index is 448. The van der Waals surface area contributed by atoms with Gasteiger partial charge in [0.25, 0.3) is 0 Å². The second kappa shape index (κ2) is 5.01. The smallest absolute Gasteiger partial charge is 0.230 e. The quantitative estimate of drug-likeness (QED) is 0.802. The molecule has 1 fully saturated rings. The summed E-state index contributed by atoms with van der Waals surface area (Å²) in [6, 6.07) is 5.04. The first-order valence-electron chi connectivity index (χ1n) is 6.68. The lowest BCUT2D eigenvalue weighted by atomic mass is 9.82. The number of hydrogen-bond acceptors (Lipinski definition) is 2. The van der Waals surface area contributed by atoms with Crippen LogP contribution in [0.4, 0.5) is 5.69 Å². The van der Waals surface area contributed by atoms with Crippen LogP contribution >= 0.6 is 0 Å². The number of phenolic OH excluding ortho intramolecular Hbond substituents is 1. The van der Waals surface area contributed by atoms with Gasteiger partial charge in [0, 0.05) is 11.1 Å². The van der Waals surface area contributed by atoms with Crippen LogP contribution in [0.3, 0.4) is 0 Å². The molecule has 0 bridgehead atoms. The van der Waals surface area contributed by atoms with Gasteiger partial charge in [-0.1, -0.05) is 19.8 Å². The fourth-order valence-electron chi connectivity index (χ4n) is 2.84. The zero-order chi connectivity index (χ0) is 13.2. The van der Waals surface area contributed by atoms with Gasteiger partial charge in [-0.05, 0) is 49.9 Å². The van der Waals surface area contributed by atoms with E-state index in [4.69, 9.17) is 0 Å². The summed E-state index contributed by atoms with van der Waals surface area (Å²) in [6.07, 6.45) is 5.18. The Kier molecular flexibility index (Phi) is 3.60. The van der Waals surface area contributed by atoms with Crippen LogP contribution in [0.5, 0.6) is 5.75 Å². The number of aromatic hydroxyl groups is 1. The van der Waals surface area contributed by atoms with Crippen molar-refractivity contribution < 1.29 is 9.90 Å². The molecule has 3 heteroatoms. The highest BCUT2D eigenvalue weighted by molar-refractivity contribution is 5.96. The molecular weight excluding hydrogens is 226 g/mol. The van der Waals surface area contributed by atoms with Gasteiger partial charge in [0.15, 0.2) is 0 Å². The van der Waals surface area contributed by atoms with Gasteiger partial charge in [-0.25, -0.2) is 0 Å². The molecule has 98 valence electrons. The molecule has 3 nitrogen and oxygen atoms in total. The maximum atomic E-state index is 12.4. The first-order chi connectivity index (χ1) is 8.57. The Balaban J connectivity index is 2.15. The van der Waals surface area contributed by atoms with E-state index in [-0.39, 0.29) is 17.1 Å². The van der Waals surface area contributed by atoms with E-state index in [2.05, 4.69) is 12.2 Å². The highest BCUT2D eigenvalue weighted by Gasteiger charge is 2.39. The SMILES string of the molecule is CCC1(C(=O)Nc2ccc(O)cc2C)CCCC1. The van der Waals surface area contributed by atoms with Gasteiger partial charge in [0.1, 0.15) is 5.75 Å². The average Bonchev–Trinajstić information content (AvgIpc) is 2.82. The van der Waals surface area contributed by atoms with E-state index in [0.717, 1.165) is 43.4 Å². The van der Waals surface area contributed by atoms with Crippen molar-refractivity contribution in [1.29, 1.82) is 0 Å². The van der Waals surface area contributed by atoms with Crippen molar-refractivity contribution in [2.24, 2.45) is 5.41 Å². The maximum absolute atomic E-state index is 12.4. The minimum Gasteiger partial charge on any atom is -0.508 e. The van der Waals surface area contributed by atoms with Crippen molar-refractivity contribution in [3.63, 3.8) is 0 Å². The largest absolute Gasteiger partial charge is 0.508 e. The molecule has 0 atom stereocenters. The monoisotopic (exact) mass is 247 g/mol. The third-order valence-corrected chi connectivity index (χ3v) is 4.18. The standard InChI is InChI=1S/C15H21NO2/c1-3-15(8-4-5-9-15)14(18)16-13-7-6-12(17)10-11(13)2/h6-7,10,17H,3-5,8-9H2,1-2H3,(H,16,18). The van der Waals surface area contributed by atoms with Gasteiger partial charge in [-0.3, -0.25) is 4.79 Å². The van der Waals surface area contributed by atoms with E-state index in [1.807, 2.05) is 6.92 Å². The lowest BCUT2D eigenvalue weighted by Gasteiger charge is -2.26. The molecule has 1 saturated carbocycles. The fraction of sp³-hybridized carbons (Fsp3) is 0.533. The van der Waals surface area contributed by atoms with Gasteiger partial charge in [-0.2, -0.15) is 0 Å². The number of hydrogen-bond donors (Lipinski definition) is 2. The van der Waals surface area contributed by atoms with E-state index in [0.29, 0.717) is 0 Å². The Hall–Kier alpha value is -1.51. The normalized spacial score (nSPS) is 17.7. The number of benzene rings is 1. The van der Waals surface area contributed by atoms with Crippen LogP contribution in [0.1, 0.15) is 44.6 Å². The Morgan fingerprint density at radius 1 is 1.39 bits per heavy atom. The van der Waals surface area contributed by atoms with Crippen molar-refractivity contribution in [3.05, 3.63) is 23.8 Å². The van der Waals surface area contributed by atoms with Crippen LogP contribution in [0.2, 0.25) is 0 Å². The summed E-state index contributed by atoms with van der Waals surface area (Å²) in [7, 11) is 0. The second-order valence-electron chi connectivity index (χ2n) is 5.29. The molecule has 1 amide bonds. The molecule has 1 aromatic rings. The number of phenols is 1. The predicted octanol–water partition coefficient (Wildman–Crippen LogP) is 3.61. The Labute approximate surface area is 108 Å². The maximum Gasteiger partial charge on any atom is 0.230 e. The summed E-state index contributed by atoms with van der Waals surface area (Å²) in [6.45, 7) is 3.98. The molecule has 0 radical (unpaired) electrons. The van der Waals surface area contributed by atoms with Gasteiger partial charge in [-0.15, -0.1) is 0 Å². The van der Waals surface area contributed by atoms with Gasteiger partial charge in [0.2, 0.25) is 5.91 Å². The molecule has 0 heterocycles. The zero-order valence-corrected chi connectivity index (χ0v) is 11.1. The molecule has 0 unspecified atom stereocenters. The number of carbonyl (C=O) groups excluding carboxylic acids is 1. The molecule has 0 aliphatic heterocycles. The molecule has 18 heavy (non-hydrogen) atoms. The first-order valence-corrected chi connectivity index (χ1v) is 6.68. The van der Waals surface area contributed by atoms with E-state index >= 15 is 0 Å². The van der Waals surface area contributed by atoms with Crippen LogP contribution in [-0.2, 0) is 4.79 Å². The average molecular weight is 247 g/mol. The summed E-state index contributed by atoms with van der Waals surface area (Å²) in [5, 5.41) is 12.4. The van der Waals surface area contributed by atoms with Crippen molar-refractivity contribution in [1.82, 2.24) is 0 Å². The molecule has 0 aromatic heterocycles. The van der Waals surface area contributed by atoms with Gasteiger partial charge < -0.3 is 10.4 Å². The van der Waals surface area contributed by atoms with Gasteiger partial charge in [0.05, 0.1) is 0 Å². The molecule has 2 N–H and O–H groups in total. The highest BCUT2D eigenvalue weighted by atomic mass is 16.3. The third kappa shape index (κ3) is 2.35. The molecule has 1 aliphatic rings. The number of aryl methyl sites for hydroxylation is 1. The summed E-state index contributed by atoms with van der Waals surface area (Å²) in [5.41, 5.74) is 1.52. The molecule has 1 aromatic carbocycles. The lowest BCUT2D eigenvalue weighted by Crippen LogP contribution is -2.33. The van der Waals surface area contributed by atoms with Crippen LogP contribution < -0.4 is 5.32 Å². The fourth-order valence-corrected chi connectivity index (χ4v) is 2.84. The Morgan fingerprint density at radius 2 is 2.06 bits per heavy atom. The highest BCUT2D eigenvalue weighted by Crippen LogP contribution is 2.42. The predicted molar refractivity (Wildman–Crippen MR) is 72.7 cm³/mol. The van der Waals surface area contributed by atoms with Crippen LogP contribution in [0.25, 0.3) is 0 Å². The van der Waals surface area contributed by atoms with Crippen molar-refractivity contribution in [2.75, 3.05) is 5.32 Å². The van der Waals surface area contributed by atoms with Crippen LogP contribution in [-0.4, -0.2) is 11.0 Å². The van der Waals surface area contributed by atoms with Crippen molar-refractivity contribution in [2.45, 2.75) is 46.0 Å². The van der Waals surface area contributed by atoms with Crippen molar-refractivity contribution >= 4 is 11.6 Å². The molecule has 2 rings (SSSR count). The molecular formula is C15H21NO2. The van der Waals surface area contributed by atoms with Crippen molar-refractivity contribution in [3.8, 4) is 5.75 Å². The number of nitrogens with one attached hydrogen (secondary N) is 1. The number of carbonyl (C=O) groups is 1. The third-order valence-electron chi connectivity index (χ3n) is 4.18. The Morgan fingerprint density at radius 3 is 2.61 bits per heavy atom. The summed E-state index contributed by atoms with van der Waals surface area (Å²) in [4.78, 5) is 12.4. The topological polar surface area (TPSA) is 49.3 Å². The summed E-state index contributed by atoms with van der Waals surface area (Å²) >= 11 is 0. The minimum atomic E-state index is -0.176. The minimum absolute atomic E-state index is 0.135. The molecule has 1 aliphatic carbocycles. The summed E-state index contributed by atoms with van der Waals surface area (Å²) < 4.78 is 0. The van der Waals surface area contributed by atoms with E-state index in [1.165, 1.54) is 0 Å². The van der Waals surface area contributed by atoms with Gasteiger partial charge >= 0.3 is 0 Å². The molecule has 0 saturated heterocycles. The number of anilines is 1. The van der Waals surface area contributed by atoms with E-state index in [1.54, 1.807) is 18.2 Å². The zero-order valence-electron chi connectivity index (χ0n) is 11.1. The molecule has 0 spiro atoms. The number of rotatable bonds is 3.